The van der Waals surface area contributed by atoms with E-state index in [2.05, 4.69) is 43.3 Å². The van der Waals surface area contributed by atoms with Crippen molar-refractivity contribution >= 4 is 23.1 Å². The molecule has 0 bridgehead atoms. The van der Waals surface area contributed by atoms with Gasteiger partial charge in [-0.15, -0.1) is 11.3 Å². The van der Waals surface area contributed by atoms with E-state index in [1.807, 2.05) is 11.3 Å². The van der Waals surface area contributed by atoms with Crippen LogP contribution in [0.3, 0.4) is 0 Å². The molecule has 0 spiro atoms. The van der Waals surface area contributed by atoms with Crippen LogP contribution in [-0.4, -0.2) is 47.1 Å². The van der Waals surface area contributed by atoms with Gasteiger partial charge in [0.15, 0.2) is 0 Å². The number of anilines is 2. The molecule has 7 heteroatoms. The van der Waals surface area contributed by atoms with E-state index in [-0.39, 0.29) is 0 Å². The molecule has 1 aliphatic heterocycles. The zero-order valence-corrected chi connectivity index (χ0v) is 15.3. The smallest absolute Gasteiger partial charge is 0.222 e. The highest BCUT2D eigenvalue weighted by atomic mass is 32.1. The molecule has 0 aromatic carbocycles. The Balaban J connectivity index is 1.43. The molecule has 0 radical (unpaired) electrons. The Bertz CT molecular complexity index is 698. The van der Waals surface area contributed by atoms with Crippen LogP contribution in [-0.2, 0) is 6.54 Å². The van der Waals surface area contributed by atoms with Crippen molar-refractivity contribution in [1.82, 2.24) is 14.9 Å². The van der Waals surface area contributed by atoms with Crippen LogP contribution in [0.1, 0.15) is 35.8 Å². The molecule has 2 fully saturated rings. The predicted molar refractivity (Wildman–Crippen MR) is 103 cm³/mol. The van der Waals surface area contributed by atoms with Crippen molar-refractivity contribution in [2.75, 3.05) is 36.8 Å². The van der Waals surface area contributed by atoms with Crippen molar-refractivity contribution in [3.05, 3.63) is 34.2 Å². The fourth-order valence-electron chi connectivity index (χ4n) is 3.73. The second-order valence-corrected chi connectivity index (χ2v) is 8.17. The highest BCUT2D eigenvalue weighted by molar-refractivity contribution is 7.09. The number of nitrogen functional groups attached to an aromatic ring is 1. The minimum Gasteiger partial charge on any atom is -0.368 e. The number of nitrogens with zero attached hydrogens (tertiary/aromatic N) is 4. The fraction of sp³-hybridized carbons (Fsp3) is 0.556. The van der Waals surface area contributed by atoms with Gasteiger partial charge in [0.25, 0.3) is 0 Å². The van der Waals surface area contributed by atoms with Gasteiger partial charge < -0.3 is 16.4 Å². The van der Waals surface area contributed by atoms with Crippen molar-refractivity contribution < 1.29 is 0 Å². The molecular weight excluding hydrogens is 332 g/mol. The molecule has 1 aliphatic carbocycles. The Kier molecular flexibility index (Phi) is 4.87. The van der Waals surface area contributed by atoms with Crippen LogP contribution in [0.2, 0.25) is 0 Å². The van der Waals surface area contributed by atoms with Crippen LogP contribution in [0, 0.1) is 0 Å². The minimum absolute atomic E-state index is 0.314. The van der Waals surface area contributed by atoms with Crippen molar-refractivity contribution in [3.8, 4) is 0 Å². The van der Waals surface area contributed by atoms with E-state index in [0.29, 0.717) is 17.9 Å². The van der Waals surface area contributed by atoms with Crippen molar-refractivity contribution in [2.24, 2.45) is 5.73 Å². The zero-order chi connectivity index (χ0) is 17.2. The fourth-order valence-corrected chi connectivity index (χ4v) is 4.47. The third kappa shape index (κ3) is 3.94. The molecule has 0 unspecified atom stereocenters. The molecule has 1 saturated heterocycles. The first-order valence-electron chi connectivity index (χ1n) is 9.07. The zero-order valence-electron chi connectivity index (χ0n) is 14.5. The Morgan fingerprint density at radius 1 is 1.16 bits per heavy atom. The van der Waals surface area contributed by atoms with Crippen molar-refractivity contribution in [1.29, 1.82) is 0 Å². The molecular formula is C18H26N6S. The number of thiophene rings is 1. The summed E-state index contributed by atoms with van der Waals surface area (Å²) in [5.41, 5.74) is 13.0. The van der Waals surface area contributed by atoms with Gasteiger partial charge in [-0.1, -0.05) is 6.07 Å². The maximum Gasteiger partial charge on any atom is 0.222 e. The molecule has 0 atom stereocenters. The van der Waals surface area contributed by atoms with Crippen LogP contribution in [0.4, 0.5) is 11.8 Å². The standard InChI is InChI=1S/C18H26N6S/c19-14-9-13(10-14)16-11-17(22-18(20)21-16)24-5-2-4-23(6-7-24)12-15-3-1-8-25-15/h1,3,8,11,13-14H,2,4-7,9-10,12,19H2,(H2,20,21,22). The van der Waals surface area contributed by atoms with Gasteiger partial charge >= 0.3 is 0 Å². The van der Waals surface area contributed by atoms with Gasteiger partial charge in [-0.25, -0.2) is 4.98 Å². The van der Waals surface area contributed by atoms with Crippen LogP contribution in [0.15, 0.2) is 23.6 Å². The molecule has 1 saturated carbocycles. The first-order valence-corrected chi connectivity index (χ1v) is 9.95. The molecule has 3 heterocycles. The van der Waals surface area contributed by atoms with Gasteiger partial charge in [-0.3, -0.25) is 4.90 Å². The molecule has 4 N–H and O–H groups in total. The summed E-state index contributed by atoms with van der Waals surface area (Å²) in [6.07, 6.45) is 3.15. The summed E-state index contributed by atoms with van der Waals surface area (Å²) in [6.45, 7) is 5.21. The summed E-state index contributed by atoms with van der Waals surface area (Å²) < 4.78 is 0. The first-order chi connectivity index (χ1) is 12.2. The molecule has 6 nitrogen and oxygen atoms in total. The lowest BCUT2D eigenvalue weighted by Crippen LogP contribution is -2.35. The van der Waals surface area contributed by atoms with E-state index in [1.165, 1.54) is 4.88 Å². The lowest BCUT2D eigenvalue weighted by Gasteiger charge is -2.32. The number of hydrogen-bond donors (Lipinski definition) is 2. The van der Waals surface area contributed by atoms with Gasteiger partial charge in [-0.2, -0.15) is 4.98 Å². The molecule has 2 aliphatic rings. The molecule has 2 aromatic heterocycles. The van der Waals surface area contributed by atoms with Crippen LogP contribution >= 0.6 is 11.3 Å². The number of nitrogens with two attached hydrogens (primary N) is 2. The van der Waals surface area contributed by atoms with E-state index < -0.39 is 0 Å². The Morgan fingerprint density at radius 2 is 2.04 bits per heavy atom. The summed E-state index contributed by atoms with van der Waals surface area (Å²) in [7, 11) is 0. The topological polar surface area (TPSA) is 84.3 Å². The third-order valence-electron chi connectivity index (χ3n) is 5.21. The lowest BCUT2D eigenvalue weighted by atomic mass is 9.78. The summed E-state index contributed by atoms with van der Waals surface area (Å²) in [4.78, 5) is 15.3. The lowest BCUT2D eigenvalue weighted by molar-refractivity contribution is 0.288. The van der Waals surface area contributed by atoms with E-state index in [4.69, 9.17) is 11.5 Å². The predicted octanol–water partition coefficient (Wildman–Crippen LogP) is 2.04. The van der Waals surface area contributed by atoms with Gasteiger partial charge in [0.2, 0.25) is 5.95 Å². The van der Waals surface area contributed by atoms with E-state index >= 15 is 0 Å². The number of rotatable bonds is 4. The number of aromatic nitrogens is 2. The third-order valence-corrected chi connectivity index (χ3v) is 6.08. The molecule has 134 valence electrons. The Morgan fingerprint density at radius 3 is 2.80 bits per heavy atom. The Labute approximate surface area is 152 Å². The highest BCUT2D eigenvalue weighted by Gasteiger charge is 2.29. The highest BCUT2D eigenvalue weighted by Crippen LogP contribution is 2.36. The SMILES string of the molecule is Nc1nc(C2CC(N)C2)cc(N2CCCN(Cc3cccs3)CC2)n1. The first kappa shape index (κ1) is 16.8. The van der Waals surface area contributed by atoms with Crippen molar-refractivity contribution in [2.45, 2.75) is 37.8 Å². The van der Waals surface area contributed by atoms with Crippen molar-refractivity contribution in [3.63, 3.8) is 0 Å². The van der Waals surface area contributed by atoms with Crippen LogP contribution < -0.4 is 16.4 Å². The summed E-state index contributed by atoms with van der Waals surface area (Å²) in [6, 6.07) is 6.78. The average Bonchev–Trinajstić information content (AvgIpc) is 2.95. The van der Waals surface area contributed by atoms with Crippen LogP contribution in [0.5, 0.6) is 0 Å². The molecule has 0 amide bonds. The normalized spacial score (nSPS) is 24.8. The maximum absolute atomic E-state index is 5.98. The van der Waals surface area contributed by atoms with Gasteiger partial charge in [0.05, 0.1) is 5.69 Å². The van der Waals surface area contributed by atoms with E-state index in [1.54, 1.807) is 0 Å². The average molecular weight is 359 g/mol. The molecule has 4 rings (SSSR count). The largest absolute Gasteiger partial charge is 0.368 e. The second-order valence-electron chi connectivity index (χ2n) is 7.13. The quantitative estimate of drug-likeness (QED) is 0.870. The monoisotopic (exact) mass is 358 g/mol. The van der Waals surface area contributed by atoms with Gasteiger partial charge in [-0.05, 0) is 30.7 Å². The van der Waals surface area contributed by atoms with Crippen LogP contribution in [0.25, 0.3) is 0 Å². The van der Waals surface area contributed by atoms with E-state index in [9.17, 15) is 0 Å². The summed E-state index contributed by atoms with van der Waals surface area (Å²) in [5, 5.41) is 2.15. The maximum atomic E-state index is 5.98. The van der Waals surface area contributed by atoms with Gasteiger partial charge in [0, 0.05) is 55.6 Å². The number of hydrogen-bond acceptors (Lipinski definition) is 7. The summed E-state index contributed by atoms with van der Waals surface area (Å²) in [5.74, 6) is 1.80. The minimum atomic E-state index is 0.314. The van der Waals surface area contributed by atoms with Gasteiger partial charge in [0.1, 0.15) is 5.82 Å². The second kappa shape index (κ2) is 7.27. The molecule has 2 aromatic rings. The summed E-state index contributed by atoms with van der Waals surface area (Å²) >= 11 is 1.83. The molecule has 25 heavy (non-hydrogen) atoms. The van der Waals surface area contributed by atoms with E-state index in [0.717, 1.165) is 63.5 Å². The Hall–Kier alpha value is -1.70.